The predicted octanol–water partition coefficient (Wildman–Crippen LogP) is 2.25. The van der Waals surface area contributed by atoms with Crippen molar-refractivity contribution in [3.8, 4) is 0 Å². The second-order valence-corrected chi connectivity index (χ2v) is 6.80. The summed E-state index contributed by atoms with van der Waals surface area (Å²) < 4.78 is 10.9. The molecule has 0 radical (unpaired) electrons. The fourth-order valence-corrected chi connectivity index (χ4v) is 3.41. The van der Waals surface area contributed by atoms with Crippen LogP contribution in [0.2, 0.25) is 0 Å². The smallest absolute Gasteiger partial charge is 0.254 e. The SMILES string of the molecule is CCCN(CCOC)C(=O)[C@H]1OCC(=O)N(C(C)C)[C@@H]1c1ccccc1. The minimum Gasteiger partial charge on any atom is -0.383 e. The van der Waals surface area contributed by atoms with Crippen LogP contribution in [0.3, 0.4) is 0 Å². The van der Waals surface area contributed by atoms with Gasteiger partial charge in [-0.25, -0.2) is 0 Å². The lowest BCUT2D eigenvalue weighted by Crippen LogP contribution is -2.57. The number of hydrogen-bond acceptors (Lipinski definition) is 4. The van der Waals surface area contributed by atoms with Crippen molar-refractivity contribution in [3.05, 3.63) is 35.9 Å². The zero-order valence-corrected chi connectivity index (χ0v) is 16.2. The van der Waals surface area contributed by atoms with Gasteiger partial charge in [-0.05, 0) is 25.8 Å². The van der Waals surface area contributed by atoms with Crippen LogP contribution >= 0.6 is 0 Å². The fourth-order valence-electron chi connectivity index (χ4n) is 3.41. The summed E-state index contributed by atoms with van der Waals surface area (Å²) >= 11 is 0. The van der Waals surface area contributed by atoms with Gasteiger partial charge in [0.25, 0.3) is 5.91 Å². The average molecular weight is 362 g/mol. The predicted molar refractivity (Wildman–Crippen MR) is 99.7 cm³/mol. The van der Waals surface area contributed by atoms with E-state index in [1.807, 2.05) is 51.1 Å². The first-order valence-corrected chi connectivity index (χ1v) is 9.26. The summed E-state index contributed by atoms with van der Waals surface area (Å²) in [6, 6.07) is 9.21. The van der Waals surface area contributed by atoms with Crippen molar-refractivity contribution in [2.45, 2.75) is 45.4 Å². The molecule has 0 aliphatic carbocycles. The highest BCUT2D eigenvalue weighted by Gasteiger charge is 2.44. The van der Waals surface area contributed by atoms with Crippen LogP contribution in [0, 0.1) is 0 Å². The van der Waals surface area contributed by atoms with E-state index in [0.29, 0.717) is 19.7 Å². The molecule has 2 atom stereocenters. The topological polar surface area (TPSA) is 59.1 Å². The Hall–Kier alpha value is -1.92. The molecule has 0 saturated carbocycles. The number of ether oxygens (including phenoxy) is 2. The molecule has 1 aliphatic rings. The molecule has 1 heterocycles. The number of benzene rings is 1. The summed E-state index contributed by atoms with van der Waals surface area (Å²) in [5.74, 6) is -0.173. The Kier molecular flexibility index (Phi) is 7.60. The lowest BCUT2D eigenvalue weighted by Gasteiger charge is -2.44. The number of hydrogen-bond donors (Lipinski definition) is 0. The lowest BCUT2D eigenvalue weighted by molar-refractivity contribution is -0.172. The molecule has 2 amide bonds. The van der Waals surface area contributed by atoms with Gasteiger partial charge in [0.15, 0.2) is 6.10 Å². The molecule has 0 unspecified atom stereocenters. The quantitative estimate of drug-likeness (QED) is 0.712. The van der Waals surface area contributed by atoms with E-state index < -0.39 is 12.1 Å². The fraction of sp³-hybridized carbons (Fsp3) is 0.600. The monoisotopic (exact) mass is 362 g/mol. The average Bonchev–Trinajstić information content (AvgIpc) is 2.64. The number of methoxy groups -OCH3 is 1. The van der Waals surface area contributed by atoms with Gasteiger partial charge in [-0.3, -0.25) is 9.59 Å². The number of nitrogens with zero attached hydrogens (tertiary/aromatic N) is 2. The molecule has 6 heteroatoms. The van der Waals surface area contributed by atoms with Crippen LogP contribution in [0.15, 0.2) is 30.3 Å². The second kappa shape index (κ2) is 9.69. The molecule has 6 nitrogen and oxygen atoms in total. The highest BCUT2D eigenvalue weighted by Crippen LogP contribution is 2.33. The minimum absolute atomic E-state index is 0.0227. The van der Waals surface area contributed by atoms with Crippen molar-refractivity contribution < 1.29 is 19.1 Å². The van der Waals surface area contributed by atoms with Gasteiger partial charge >= 0.3 is 0 Å². The highest BCUT2D eigenvalue weighted by atomic mass is 16.5. The Morgan fingerprint density at radius 3 is 2.58 bits per heavy atom. The Bertz CT molecular complexity index is 591. The molecule has 0 aromatic heterocycles. The van der Waals surface area contributed by atoms with E-state index in [4.69, 9.17) is 9.47 Å². The molecule has 0 bridgehead atoms. The van der Waals surface area contributed by atoms with E-state index in [1.165, 1.54) is 0 Å². The summed E-state index contributed by atoms with van der Waals surface area (Å²) in [4.78, 5) is 29.3. The molecule has 1 aromatic carbocycles. The van der Waals surface area contributed by atoms with Gasteiger partial charge in [0.2, 0.25) is 5.91 Å². The molecule has 144 valence electrons. The summed E-state index contributed by atoms with van der Waals surface area (Å²) in [6.45, 7) is 7.53. The molecule has 1 aromatic rings. The molecule has 0 spiro atoms. The van der Waals surface area contributed by atoms with E-state index in [9.17, 15) is 9.59 Å². The van der Waals surface area contributed by atoms with Crippen molar-refractivity contribution in [2.24, 2.45) is 0 Å². The first-order valence-electron chi connectivity index (χ1n) is 9.26. The van der Waals surface area contributed by atoms with Gasteiger partial charge in [0.1, 0.15) is 6.61 Å². The van der Waals surface area contributed by atoms with Crippen molar-refractivity contribution in [1.82, 2.24) is 9.80 Å². The second-order valence-electron chi connectivity index (χ2n) is 6.80. The Morgan fingerprint density at radius 2 is 2.00 bits per heavy atom. The highest BCUT2D eigenvalue weighted by molar-refractivity contribution is 5.86. The molecule has 1 fully saturated rings. The van der Waals surface area contributed by atoms with E-state index in [0.717, 1.165) is 12.0 Å². The van der Waals surface area contributed by atoms with Crippen LogP contribution < -0.4 is 0 Å². The summed E-state index contributed by atoms with van der Waals surface area (Å²) in [5, 5.41) is 0. The van der Waals surface area contributed by atoms with Gasteiger partial charge < -0.3 is 19.3 Å². The molecule has 1 aliphatic heterocycles. The van der Waals surface area contributed by atoms with E-state index in [2.05, 4.69) is 0 Å². The molecule has 0 N–H and O–H groups in total. The van der Waals surface area contributed by atoms with Crippen LogP contribution in [0.4, 0.5) is 0 Å². The third-order valence-electron chi connectivity index (χ3n) is 4.57. The first-order chi connectivity index (χ1) is 12.5. The van der Waals surface area contributed by atoms with Crippen molar-refractivity contribution in [3.63, 3.8) is 0 Å². The van der Waals surface area contributed by atoms with Gasteiger partial charge in [0.05, 0.1) is 12.6 Å². The Balaban J connectivity index is 2.36. The van der Waals surface area contributed by atoms with Gasteiger partial charge in [0, 0.05) is 26.2 Å². The van der Waals surface area contributed by atoms with E-state index in [-0.39, 0.29) is 24.5 Å². The molecular weight excluding hydrogens is 332 g/mol. The first kappa shape index (κ1) is 20.4. The maximum Gasteiger partial charge on any atom is 0.254 e. The number of amides is 2. The Labute approximate surface area is 156 Å². The minimum atomic E-state index is -0.707. The summed E-state index contributed by atoms with van der Waals surface area (Å²) in [6.07, 6.45) is 0.145. The van der Waals surface area contributed by atoms with Gasteiger partial charge in [-0.1, -0.05) is 37.3 Å². The maximum absolute atomic E-state index is 13.3. The maximum atomic E-state index is 13.3. The number of carbonyl (C=O) groups is 2. The number of carbonyl (C=O) groups excluding carboxylic acids is 2. The van der Waals surface area contributed by atoms with Crippen LogP contribution in [0.5, 0.6) is 0 Å². The van der Waals surface area contributed by atoms with Crippen molar-refractivity contribution in [1.29, 1.82) is 0 Å². The summed E-state index contributed by atoms with van der Waals surface area (Å²) in [7, 11) is 1.62. The standard InChI is InChI=1S/C20H30N2O4/c1-5-11-21(12-13-25-4)20(24)19-18(16-9-7-6-8-10-16)22(15(2)3)17(23)14-26-19/h6-10,15,18-19H,5,11-14H2,1-4H3/t18-,19+/m1/s1. The van der Waals surface area contributed by atoms with Crippen LogP contribution in [0.1, 0.15) is 38.8 Å². The van der Waals surface area contributed by atoms with Crippen molar-refractivity contribution >= 4 is 11.8 Å². The largest absolute Gasteiger partial charge is 0.383 e. The van der Waals surface area contributed by atoms with E-state index in [1.54, 1.807) is 16.9 Å². The van der Waals surface area contributed by atoms with Gasteiger partial charge in [-0.15, -0.1) is 0 Å². The van der Waals surface area contributed by atoms with E-state index >= 15 is 0 Å². The van der Waals surface area contributed by atoms with Gasteiger partial charge in [-0.2, -0.15) is 0 Å². The van der Waals surface area contributed by atoms with Crippen LogP contribution in [0.25, 0.3) is 0 Å². The third-order valence-corrected chi connectivity index (χ3v) is 4.57. The number of morpholine rings is 1. The molecule has 2 rings (SSSR count). The number of rotatable bonds is 8. The normalized spacial score (nSPS) is 20.5. The zero-order valence-electron chi connectivity index (χ0n) is 16.2. The van der Waals surface area contributed by atoms with Crippen molar-refractivity contribution in [2.75, 3.05) is 33.4 Å². The summed E-state index contributed by atoms with van der Waals surface area (Å²) in [5.41, 5.74) is 0.913. The molecule has 26 heavy (non-hydrogen) atoms. The Morgan fingerprint density at radius 1 is 1.31 bits per heavy atom. The molecular formula is C20H30N2O4. The van der Waals surface area contributed by atoms with Crippen LogP contribution in [-0.2, 0) is 19.1 Å². The van der Waals surface area contributed by atoms with Crippen LogP contribution in [-0.4, -0.2) is 67.2 Å². The lowest BCUT2D eigenvalue weighted by atomic mass is 9.95. The zero-order chi connectivity index (χ0) is 19.1. The molecule has 1 saturated heterocycles. The third kappa shape index (κ3) is 4.62.